The third-order valence-corrected chi connectivity index (χ3v) is 1.63. The minimum Gasteiger partial charge on any atom is -0.493 e. The van der Waals surface area contributed by atoms with E-state index in [0.29, 0.717) is 5.75 Å². The molecule has 0 heterocycles. The van der Waals surface area contributed by atoms with Crippen molar-refractivity contribution in [3.05, 3.63) is 34.4 Å². The average Bonchev–Trinajstić information content (AvgIpc) is 2.28. The highest BCUT2D eigenvalue weighted by molar-refractivity contribution is 5.85. The van der Waals surface area contributed by atoms with Crippen molar-refractivity contribution in [1.29, 1.82) is 0 Å². The fourth-order valence-electron chi connectivity index (χ4n) is 0.920. The van der Waals surface area contributed by atoms with E-state index in [1.165, 1.54) is 24.3 Å². The summed E-state index contributed by atoms with van der Waals surface area (Å²) in [5.74, 6) is -1.36. The summed E-state index contributed by atoms with van der Waals surface area (Å²) in [5, 5.41) is 26.1. The molecule has 0 spiro atoms. The van der Waals surface area contributed by atoms with Gasteiger partial charge >= 0.3 is 5.97 Å². The Morgan fingerprint density at radius 1 is 1.25 bits per heavy atom. The van der Waals surface area contributed by atoms with Crippen molar-refractivity contribution < 1.29 is 29.5 Å². The molecule has 112 valence electrons. The molecule has 0 bridgehead atoms. The van der Waals surface area contributed by atoms with Crippen LogP contribution in [0.15, 0.2) is 24.3 Å². The van der Waals surface area contributed by atoms with Crippen molar-refractivity contribution in [1.82, 2.24) is 0 Å². The van der Waals surface area contributed by atoms with E-state index in [4.69, 9.17) is 19.7 Å². The summed E-state index contributed by atoms with van der Waals surface area (Å²) in [4.78, 5) is 29.0. The molecule has 0 atom stereocenters. The Morgan fingerprint density at radius 3 is 2.05 bits per heavy atom. The van der Waals surface area contributed by atoms with Gasteiger partial charge in [0.2, 0.25) is 0 Å². The van der Waals surface area contributed by atoms with Gasteiger partial charge in [0.25, 0.3) is 11.7 Å². The van der Waals surface area contributed by atoms with Gasteiger partial charge in [-0.2, -0.15) is 0 Å². The van der Waals surface area contributed by atoms with Gasteiger partial charge in [-0.3, -0.25) is 19.7 Å². The highest BCUT2D eigenvalue weighted by atomic mass is 35.5. The van der Waals surface area contributed by atoms with Crippen LogP contribution in [0.4, 0.5) is 5.69 Å². The number of carbonyl (C=O) groups is 2. The molecule has 20 heavy (non-hydrogen) atoms. The molecule has 0 aliphatic heterocycles. The van der Waals surface area contributed by atoms with Crippen LogP contribution in [0.3, 0.4) is 0 Å². The lowest BCUT2D eigenvalue weighted by Crippen LogP contribution is -2.04. The first-order valence-corrected chi connectivity index (χ1v) is 5.11. The van der Waals surface area contributed by atoms with E-state index in [2.05, 4.69) is 0 Å². The van der Waals surface area contributed by atoms with E-state index in [-0.39, 0.29) is 31.1 Å². The first kappa shape index (κ1) is 20.0. The number of ether oxygens (including phenoxy) is 1. The summed E-state index contributed by atoms with van der Waals surface area (Å²) >= 11 is 0. The molecule has 2 N–H and O–H groups in total. The van der Waals surface area contributed by atoms with Crippen molar-refractivity contribution >= 4 is 30.0 Å². The molecule has 0 unspecified atom stereocenters. The number of carboxylic acids is 2. The topological polar surface area (TPSA) is 127 Å². The summed E-state index contributed by atoms with van der Waals surface area (Å²) in [5.41, 5.74) is -0.0272. The molecule has 0 aliphatic carbocycles. The lowest BCUT2D eigenvalue weighted by molar-refractivity contribution is -0.384. The highest BCUT2D eigenvalue weighted by Gasteiger charge is 2.04. The predicted molar refractivity (Wildman–Crippen MR) is 71.4 cm³/mol. The summed E-state index contributed by atoms with van der Waals surface area (Å²) < 4.78 is 5.05. The van der Waals surface area contributed by atoms with Crippen LogP contribution in [0.2, 0.25) is 0 Å². The van der Waals surface area contributed by atoms with Crippen LogP contribution in [-0.4, -0.2) is 33.7 Å². The van der Waals surface area contributed by atoms with Crippen LogP contribution in [0.1, 0.15) is 13.3 Å². The number of hydrogen-bond donors (Lipinski definition) is 2. The van der Waals surface area contributed by atoms with Crippen LogP contribution in [0.5, 0.6) is 5.75 Å². The van der Waals surface area contributed by atoms with Crippen molar-refractivity contribution in [3.63, 3.8) is 0 Å². The number of nitrogens with zero attached hydrogens (tertiary/aromatic N) is 1. The molecule has 0 aliphatic rings. The maximum atomic E-state index is 10.3. The zero-order valence-electron chi connectivity index (χ0n) is 10.5. The van der Waals surface area contributed by atoms with Gasteiger partial charge in [0.1, 0.15) is 5.75 Å². The fourth-order valence-corrected chi connectivity index (χ4v) is 0.920. The lowest BCUT2D eigenvalue weighted by Gasteiger charge is -2.03. The van der Waals surface area contributed by atoms with Gasteiger partial charge in [0.15, 0.2) is 0 Å². The van der Waals surface area contributed by atoms with Gasteiger partial charge in [0.05, 0.1) is 18.0 Å². The fraction of sp³-hybridized carbons (Fsp3) is 0.273. The van der Waals surface area contributed by atoms with Crippen LogP contribution >= 0.6 is 12.4 Å². The van der Waals surface area contributed by atoms with E-state index in [1.807, 2.05) is 0 Å². The Kier molecular flexibility index (Phi) is 10.5. The van der Waals surface area contributed by atoms with Crippen molar-refractivity contribution in [2.75, 3.05) is 6.61 Å². The number of nitro benzene ring substituents is 1. The average molecular weight is 308 g/mol. The van der Waals surface area contributed by atoms with Gasteiger partial charge < -0.3 is 14.9 Å². The molecule has 0 fully saturated rings. The molecule has 1 aromatic rings. The second kappa shape index (κ2) is 10.6. The normalized spacial score (nSPS) is 8.45. The third-order valence-electron chi connectivity index (χ3n) is 1.63. The molecule has 1 rings (SSSR count). The van der Waals surface area contributed by atoms with E-state index in [9.17, 15) is 14.9 Å². The van der Waals surface area contributed by atoms with Crippen molar-refractivity contribution in [3.8, 4) is 5.75 Å². The van der Waals surface area contributed by atoms with E-state index < -0.39 is 16.9 Å². The Bertz CT molecular complexity index is 443. The van der Waals surface area contributed by atoms with Gasteiger partial charge in [-0.1, -0.05) is 0 Å². The molecule has 9 heteroatoms. The zero-order valence-corrected chi connectivity index (χ0v) is 11.3. The smallest absolute Gasteiger partial charge is 0.306 e. The van der Waals surface area contributed by atoms with Crippen LogP contribution < -0.4 is 4.74 Å². The third kappa shape index (κ3) is 10.8. The van der Waals surface area contributed by atoms with Gasteiger partial charge in [-0.25, -0.2) is 0 Å². The molecular formula is C11H14ClNO7. The maximum absolute atomic E-state index is 10.3. The Labute approximate surface area is 120 Å². The SMILES string of the molecule is CC(=O)O.Cl.O=C(O)CCOc1ccc([N+](=O)[O-])cc1. The Morgan fingerprint density at radius 2 is 1.70 bits per heavy atom. The lowest BCUT2D eigenvalue weighted by atomic mass is 10.3. The first-order chi connectivity index (χ1) is 8.82. The molecule has 0 amide bonds. The van der Waals surface area contributed by atoms with Gasteiger partial charge in [0, 0.05) is 19.1 Å². The number of nitro groups is 1. The maximum Gasteiger partial charge on any atom is 0.306 e. The molecule has 8 nitrogen and oxygen atoms in total. The van der Waals surface area contributed by atoms with Crippen molar-refractivity contribution in [2.45, 2.75) is 13.3 Å². The summed E-state index contributed by atoms with van der Waals surface area (Å²) in [7, 11) is 0. The van der Waals surface area contributed by atoms with Crippen LogP contribution in [0.25, 0.3) is 0 Å². The molecule has 0 aromatic heterocycles. The minimum atomic E-state index is -0.947. The summed E-state index contributed by atoms with van der Waals surface area (Å²) in [6.07, 6.45) is -0.100. The van der Waals surface area contributed by atoms with E-state index in [0.717, 1.165) is 6.92 Å². The summed E-state index contributed by atoms with van der Waals surface area (Å²) in [6.45, 7) is 1.13. The molecular weight excluding hydrogens is 294 g/mol. The second-order valence-corrected chi connectivity index (χ2v) is 3.26. The van der Waals surface area contributed by atoms with Crippen LogP contribution in [0, 0.1) is 10.1 Å². The highest BCUT2D eigenvalue weighted by Crippen LogP contribution is 2.17. The molecule has 0 saturated carbocycles. The summed E-state index contributed by atoms with van der Waals surface area (Å²) in [6, 6.07) is 5.46. The molecule has 1 aromatic carbocycles. The first-order valence-electron chi connectivity index (χ1n) is 5.11. The number of non-ortho nitro benzene ring substituents is 1. The minimum absolute atomic E-state index is 0. The number of hydrogen-bond acceptors (Lipinski definition) is 5. The van der Waals surface area contributed by atoms with E-state index >= 15 is 0 Å². The van der Waals surface area contributed by atoms with Gasteiger partial charge in [-0.15, -0.1) is 12.4 Å². The number of rotatable bonds is 5. The number of halogens is 1. The molecule has 0 saturated heterocycles. The number of aliphatic carboxylic acids is 2. The number of benzene rings is 1. The van der Waals surface area contributed by atoms with Crippen molar-refractivity contribution in [2.24, 2.45) is 0 Å². The zero-order chi connectivity index (χ0) is 14.8. The predicted octanol–water partition coefficient (Wildman–Crippen LogP) is 1.96. The van der Waals surface area contributed by atoms with E-state index in [1.54, 1.807) is 0 Å². The van der Waals surface area contributed by atoms with Gasteiger partial charge in [-0.05, 0) is 12.1 Å². The Hall–Kier alpha value is -2.35. The Balaban J connectivity index is 0. The number of carboxylic acid groups (broad SMARTS) is 2. The molecule has 0 radical (unpaired) electrons. The van der Waals surface area contributed by atoms with Crippen LogP contribution in [-0.2, 0) is 9.59 Å². The monoisotopic (exact) mass is 307 g/mol. The second-order valence-electron chi connectivity index (χ2n) is 3.26. The standard InChI is InChI=1S/C9H9NO5.C2H4O2.ClH/c11-9(12)5-6-15-8-3-1-7(2-4-8)10(13)14;1-2(3)4;/h1-4H,5-6H2,(H,11,12);1H3,(H,3,4);1H. The largest absolute Gasteiger partial charge is 0.493 e. The quantitative estimate of drug-likeness (QED) is 0.628.